The van der Waals surface area contributed by atoms with E-state index in [1.807, 2.05) is 6.92 Å². The summed E-state index contributed by atoms with van der Waals surface area (Å²) >= 11 is 1.01. The average Bonchev–Trinajstić information content (AvgIpc) is 3.10. The van der Waals surface area contributed by atoms with Crippen molar-refractivity contribution in [3.05, 3.63) is 16.1 Å². The summed E-state index contributed by atoms with van der Waals surface area (Å²) in [5, 5.41) is 7.69. The van der Waals surface area contributed by atoms with E-state index in [-0.39, 0.29) is 5.97 Å². The second-order valence-corrected chi connectivity index (χ2v) is 6.74. The molecule has 0 unspecified atom stereocenters. The predicted molar refractivity (Wildman–Crippen MR) is 99.9 cm³/mol. The van der Waals surface area contributed by atoms with Crippen LogP contribution in [-0.4, -0.2) is 43.7 Å². The van der Waals surface area contributed by atoms with Gasteiger partial charge in [0.15, 0.2) is 11.7 Å². The number of rotatable bonds is 11. The Labute approximate surface area is 161 Å². The highest BCUT2D eigenvalue weighted by molar-refractivity contribution is 7.09. The number of aromatic nitrogens is 1. The first-order valence-corrected chi connectivity index (χ1v) is 9.85. The molecule has 0 saturated heterocycles. The molecule has 154 valence electrons. The number of ether oxygens (including phenoxy) is 1. The number of aliphatic imine (C=N–C) groups is 1. The van der Waals surface area contributed by atoms with Crippen molar-refractivity contribution in [2.24, 2.45) is 4.99 Å². The van der Waals surface area contributed by atoms with Crippen LogP contribution in [0.2, 0.25) is 0 Å². The van der Waals surface area contributed by atoms with E-state index < -0.39 is 11.9 Å². The third kappa shape index (κ3) is 10.2. The molecule has 1 aromatic heterocycles. The molecule has 0 atom stereocenters. The molecule has 0 fully saturated rings. The minimum atomic E-state index is -4.39. The zero-order chi connectivity index (χ0) is 20.1. The zero-order valence-electron chi connectivity index (χ0n) is 15.7. The van der Waals surface area contributed by atoms with Gasteiger partial charge in [-0.25, -0.2) is 4.98 Å². The molecule has 0 spiro atoms. The average molecular weight is 408 g/mol. The number of thiazole rings is 1. The molecule has 1 rings (SSSR count). The second-order valence-electron chi connectivity index (χ2n) is 5.80. The predicted octanol–water partition coefficient (Wildman–Crippen LogP) is 3.38. The summed E-state index contributed by atoms with van der Waals surface area (Å²) in [6, 6.07) is 0. The van der Waals surface area contributed by atoms with Crippen LogP contribution < -0.4 is 10.6 Å². The zero-order valence-corrected chi connectivity index (χ0v) is 16.5. The van der Waals surface area contributed by atoms with E-state index in [2.05, 4.69) is 25.3 Å². The molecule has 1 heterocycles. The molecule has 0 radical (unpaired) electrons. The number of esters is 1. The van der Waals surface area contributed by atoms with Crippen molar-refractivity contribution in [1.82, 2.24) is 15.6 Å². The monoisotopic (exact) mass is 408 g/mol. The standard InChI is InChI=1S/C17H27F3N4O2S/c1-3-21-16(22-10-7-5-4-6-8-15(25)26-2)23-11-9-14-24-13(12-27-14)17(18,19)20/h12H,3-11H2,1-2H3,(H2,21,22,23). The maximum atomic E-state index is 12.5. The first kappa shape index (κ1) is 23.2. The number of alkyl halides is 3. The molecule has 0 bridgehead atoms. The molecule has 0 amide bonds. The Balaban J connectivity index is 2.27. The Morgan fingerprint density at radius 1 is 1.26 bits per heavy atom. The number of hydrogen-bond acceptors (Lipinski definition) is 5. The lowest BCUT2D eigenvalue weighted by Gasteiger charge is -2.10. The van der Waals surface area contributed by atoms with E-state index in [1.54, 1.807) is 0 Å². The molecule has 0 aliphatic rings. The lowest BCUT2D eigenvalue weighted by Crippen LogP contribution is -2.38. The molecule has 2 N–H and O–H groups in total. The van der Waals surface area contributed by atoms with E-state index in [9.17, 15) is 18.0 Å². The third-order valence-corrected chi connectivity index (χ3v) is 4.51. The molecular formula is C17H27F3N4O2S. The Morgan fingerprint density at radius 3 is 2.63 bits per heavy atom. The van der Waals surface area contributed by atoms with Gasteiger partial charge in [-0.15, -0.1) is 11.3 Å². The summed E-state index contributed by atoms with van der Waals surface area (Å²) in [4.78, 5) is 19.0. The number of unbranched alkanes of at least 4 members (excludes halogenated alkanes) is 3. The number of carbonyl (C=O) groups is 1. The van der Waals surface area contributed by atoms with Crippen molar-refractivity contribution >= 4 is 23.3 Å². The van der Waals surface area contributed by atoms with Gasteiger partial charge in [0, 0.05) is 37.9 Å². The summed E-state index contributed by atoms with van der Waals surface area (Å²) in [5.41, 5.74) is -0.838. The molecule has 6 nitrogen and oxygen atoms in total. The van der Waals surface area contributed by atoms with Gasteiger partial charge < -0.3 is 15.4 Å². The Kier molecular flexibility index (Phi) is 10.8. The van der Waals surface area contributed by atoms with Gasteiger partial charge in [-0.1, -0.05) is 12.8 Å². The number of hydrogen-bond donors (Lipinski definition) is 2. The van der Waals surface area contributed by atoms with E-state index in [4.69, 9.17) is 0 Å². The van der Waals surface area contributed by atoms with Gasteiger partial charge in [0.2, 0.25) is 0 Å². The highest BCUT2D eigenvalue weighted by Gasteiger charge is 2.33. The van der Waals surface area contributed by atoms with Crippen molar-refractivity contribution in [3.63, 3.8) is 0 Å². The van der Waals surface area contributed by atoms with Crippen LogP contribution in [0.3, 0.4) is 0 Å². The first-order valence-electron chi connectivity index (χ1n) is 8.97. The SMILES string of the molecule is CCNC(=NCCCCCCC(=O)OC)NCCc1nc(C(F)(F)F)cs1. The summed E-state index contributed by atoms with van der Waals surface area (Å²) in [5.74, 6) is 0.453. The van der Waals surface area contributed by atoms with Gasteiger partial charge in [0.05, 0.1) is 12.1 Å². The maximum absolute atomic E-state index is 12.5. The van der Waals surface area contributed by atoms with Crippen LogP contribution in [0.25, 0.3) is 0 Å². The van der Waals surface area contributed by atoms with Gasteiger partial charge >= 0.3 is 12.1 Å². The summed E-state index contributed by atoms with van der Waals surface area (Å²) in [7, 11) is 1.38. The Hall–Kier alpha value is -1.84. The topological polar surface area (TPSA) is 75.6 Å². The van der Waals surface area contributed by atoms with Crippen molar-refractivity contribution in [2.75, 3.05) is 26.7 Å². The van der Waals surface area contributed by atoms with Gasteiger partial charge in [-0.3, -0.25) is 9.79 Å². The second kappa shape index (κ2) is 12.5. The number of nitrogens with zero attached hydrogens (tertiary/aromatic N) is 2. The van der Waals surface area contributed by atoms with Crippen LogP contribution in [0.1, 0.15) is 49.7 Å². The maximum Gasteiger partial charge on any atom is 0.434 e. The molecule has 0 saturated carbocycles. The molecule has 1 aromatic rings. The van der Waals surface area contributed by atoms with Crippen LogP contribution in [0.4, 0.5) is 13.2 Å². The number of nitrogens with one attached hydrogen (secondary N) is 2. The van der Waals surface area contributed by atoms with E-state index >= 15 is 0 Å². The normalized spacial score (nSPS) is 12.1. The molecule has 0 aromatic carbocycles. The van der Waals surface area contributed by atoms with Crippen LogP contribution >= 0.6 is 11.3 Å². The molecule has 27 heavy (non-hydrogen) atoms. The fourth-order valence-corrected chi connectivity index (χ4v) is 3.02. The Morgan fingerprint density at radius 2 is 2.00 bits per heavy atom. The summed E-state index contributed by atoms with van der Waals surface area (Å²) in [6.07, 6.45) is 0.0753. The smallest absolute Gasteiger partial charge is 0.434 e. The van der Waals surface area contributed by atoms with Gasteiger partial charge in [-0.05, 0) is 19.8 Å². The minimum Gasteiger partial charge on any atom is -0.469 e. The lowest BCUT2D eigenvalue weighted by atomic mass is 10.1. The third-order valence-electron chi connectivity index (χ3n) is 3.60. The van der Waals surface area contributed by atoms with Crippen molar-refractivity contribution in [1.29, 1.82) is 0 Å². The van der Waals surface area contributed by atoms with Crippen molar-refractivity contribution in [3.8, 4) is 0 Å². The quantitative estimate of drug-likeness (QED) is 0.254. The van der Waals surface area contributed by atoms with Crippen LogP contribution in [0, 0.1) is 0 Å². The van der Waals surface area contributed by atoms with E-state index in [1.165, 1.54) is 7.11 Å². The highest BCUT2D eigenvalue weighted by atomic mass is 32.1. The number of carbonyl (C=O) groups excluding carboxylic acids is 1. The largest absolute Gasteiger partial charge is 0.469 e. The number of methoxy groups -OCH3 is 1. The molecule has 10 heteroatoms. The minimum absolute atomic E-state index is 0.186. The fraction of sp³-hybridized carbons (Fsp3) is 0.706. The Bertz CT molecular complexity index is 591. The van der Waals surface area contributed by atoms with Gasteiger partial charge in [0.25, 0.3) is 0 Å². The number of guanidine groups is 1. The van der Waals surface area contributed by atoms with Crippen LogP contribution in [0.15, 0.2) is 10.4 Å². The highest BCUT2D eigenvalue weighted by Crippen LogP contribution is 2.29. The van der Waals surface area contributed by atoms with Crippen molar-refractivity contribution < 1.29 is 22.7 Å². The van der Waals surface area contributed by atoms with Crippen LogP contribution in [-0.2, 0) is 22.1 Å². The van der Waals surface area contributed by atoms with Gasteiger partial charge in [0.1, 0.15) is 0 Å². The summed E-state index contributed by atoms with van der Waals surface area (Å²) in [6.45, 7) is 3.74. The number of halogens is 3. The molecule has 0 aliphatic heterocycles. The van der Waals surface area contributed by atoms with E-state index in [0.717, 1.165) is 42.4 Å². The lowest BCUT2D eigenvalue weighted by molar-refractivity contribution is -0.141. The molecular weight excluding hydrogens is 381 g/mol. The fourth-order valence-electron chi connectivity index (χ4n) is 2.21. The summed E-state index contributed by atoms with van der Waals surface area (Å²) < 4.78 is 42.2. The molecule has 0 aliphatic carbocycles. The van der Waals surface area contributed by atoms with E-state index in [0.29, 0.717) is 43.4 Å². The first-order chi connectivity index (χ1) is 12.9. The van der Waals surface area contributed by atoms with Gasteiger partial charge in [-0.2, -0.15) is 13.2 Å². The van der Waals surface area contributed by atoms with Crippen molar-refractivity contribution in [2.45, 2.75) is 51.6 Å². The van der Waals surface area contributed by atoms with Crippen LogP contribution in [0.5, 0.6) is 0 Å².